The number of nitrogens with zero attached hydrogens (tertiary/aromatic N) is 2. The first-order chi connectivity index (χ1) is 8.65. The molecule has 1 aromatic carbocycles. The van der Waals surface area contributed by atoms with Gasteiger partial charge in [-0.25, -0.2) is 9.78 Å². The third kappa shape index (κ3) is 1.69. The Morgan fingerprint density at radius 2 is 2.06 bits per heavy atom. The molecule has 0 aliphatic rings. The number of aromatic carboxylic acids is 1. The molecule has 0 aliphatic carbocycles. The number of carboxylic acids is 1. The van der Waals surface area contributed by atoms with Gasteiger partial charge >= 0.3 is 5.97 Å². The normalized spacial score (nSPS) is 10.9. The fourth-order valence-corrected chi connectivity index (χ4v) is 2.67. The second kappa shape index (κ2) is 3.96. The highest BCUT2D eigenvalue weighted by molar-refractivity contribution is 7.15. The lowest BCUT2D eigenvalue weighted by Gasteiger charge is -1.97. The van der Waals surface area contributed by atoms with Gasteiger partial charge in [0.15, 0.2) is 4.96 Å². The zero-order valence-electron chi connectivity index (χ0n) is 9.62. The van der Waals surface area contributed by atoms with Crippen molar-refractivity contribution in [3.63, 3.8) is 0 Å². The number of rotatable bonds is 2. The molecule has 0 radical (unpaired) electrons. The van der Waals surface area contributed by atoms with E-state index in [1.807, 2.05) is 17.5 Å². The molecule has 3 aromatic rings. The minimum atomic E-state index is -0.914. The van der Waals surface area contributed by atoms with Crippen LogP contribution < -0.4 is 0 Å². The number of hydrogen-bond donors (Lipinski definition) is 1. The smallest absolute Gasteiger partial charge is 0.335 e. The van der Waals surface area contributed by atoms with Gasteiger partial charge in [-0.1, -0.05) is 12.1 Å². The first-order valence-electron chi connectivity index (χ1n) is 5.42. The third-order valence-electron chi connectivity index (χ3n) is 2.82. The van der Waals surface area contributed by atoms with Gasteiger partial charge < -0.3 is 5.11 Å². The molecular formula is C13H10N2O2S. The standard InChI is InChI=1S/C13H10N2O2S/c1-8-7-18-13-14-11(6-15(8)13)9-2-4-10(5-3-9)12(16)17/h2-7H,1H3,(H,16,17). The summed E-state index contributed by atoms with van der Waals surface area (Å²) in [7, 11) is 0. The van der Waals surface area contributed by atoms with Crippen LogP contribution >= 0.6 is 11.3 Å². The summed E-state index contributed by atoms with van der Waals surface area (Å²) in [6.07, 6.45) is 1.97. The molecule has 0 amide bonds. The van der Waals surface area contributed by atoms with Crippen LogP contribution in [0.3, 0.4) is 0 Å². The van der Waals surface area contributed by atoms with Gasteiger partial charge in [0.05, 0.1) is 11.3 Å². The highest BCUT2D eigenvalue weighted by Gasteiger charge is 2.08. The lowest BCUT2D eigenvalue weighted by Crippen LogP contribution is -1.94. The van der Waals surface area contributed by atoms with E-state index in [1.165, 1.54) is 0 Å². The number of aryl methyl sites for hydroxylation is 1. The van der Waals surface area contributed by atoms with E-state index in [-0.39, 0.29) is 5.56 Å². The largest absolute Gasteiger partial charge is 0.478 e. The lowest BCUT2D eigenvalue weighted by molar-refractivity contribution is 0.0697. The Labute approximate surface area is 107 Å². The quantitative estimate of drug-likeness (QED) is 0.768. The molecule has 2 aromatic heterocycles. The van der Waals surface area contributed by atoms with E-state index in [2.05, 4.69) is 10.4 Å². The highest BCUT2D eigenvalue weighted by atomic mass is 32.1. The van der Waals surface area contributed by atoms with Crippen LogP contribution in [0, 0.1) is 6.92 Å². The predicted octanol–water partition coefficient (Wildman–Crippen LogP) is 3.07. The molecule has 0 atom stereocenters. The van der Waals surface area contributed by atoms with Crippen LogP contribution in [-0.2, 0) is 0 Å². The maximum Gasteiger partial charge on any atom is 0.335 e. The number of carbonyl (C=O) groups is 1. The van der Waals surface area contributed by atoms with Gasteiger partial charge in [0, 0.05) is 22.8 Å². The molecule has 0 unspecified atom stereocenters. The molecular weight excluding hydrogens is 248 g/mol. The summed E-state index contributed by atoms with van der Waals surface area (Å²) in [4.78, 5) is 16.2. The van der Waals surface area contributed by atoms with Crippen LogP contribution in [0.1, 0.15) is 16.1 Å². The summed E-state index contributed by atoms with van der Waals surface area (Å²) < 4.78 is 2.03. The maximum absolute atomic E-state index is 10.8. The molecule has 90 valence electrons. The number of benzene rings is 1. The number of fused-ring (bicyclic) bond motifs is 1. The van der Waals surface area contributed by atoms with Gasteiger partial charge in [0.25, 0.3) is 0 Å². The van der Waals surface area contributed by atoms with Gasteiger partial charge in [0.2, 0.25) is 0 Å². The Morgan fingerprint density at radius 3 is 2.67 bits per heavy atom. The SMILES string of the molecule is Cc1csc2nc(-c3ccc(C(=O)O)cc3)cn12. The molecule has 1 N–H and O–H groups in total. The van der Waals surface area contributed by atoms with Crippen molar-refractivity contribution in [1.29, 1.82) is 0 Å². The molecule has 0 fully saturated rings. The summed E-state index contributed by atoms with van der Waals surface area (Å²) in [6, 6.07) is 6.76. The summed E-state index contributed by atoms with van der Waals surface area (Å²) in [5, 5.41) is 10.9. The third-order valence-corrected chi connectivity index (χ3v) is 3.77. The van der Waals surface area contributed by atoms with Gasteiger partial charge in [-0.05, 0) is 19.1 Å². The predicted molar refractivity (Wildman–Crippen MR) is 70.2 cm³/mol. The molecule has 5 heteroatoms. The molecule has 0 aliphatic heterocycles. The molecule has 2 heterocycles. The van der Waals surface area contributed by atoms with Gasteiger partial charge in [-0.2, -0.15) is 0 Å². The van der Waals surface area contributed by atoms with Crippen molar-refractivity contribution >= 4 is 22.3 Å². The fourth-order valence-electron chi connectivity index (χ4n) is 1.82. The Morgan fingerprint density at radius 1 is 1.33 bits per heavy atom. The molecule has 4 nitrogen and oxygen atoms in total. The highest BCUT2D eigenvalue weighted by Crippen LogP contribution is 2.23. The van der Waals surface area contributed by atoms with Crippen molar-refractivity contribution in [1.82, 2.24) is 9.38 Å². The van der Waals surface area contributed by atoms with Crippen molar-refractivity contribution in [2.24, 2.45) is 0 Å². The van der Waals surface area contributed by atoms with Gasteiger partial charge in [-0.3, -0.25) is 4.40 Å². The van der Waals surface area contributed by atoms with Gasteiger partial charge in [-0.15, -0.1) is 11.3 Å². The number of thiazole rings is 1. The number of hydrogen-bond acceptors (Lipinski definition) is 3. The zero-order chi connectivity index (χ0) is 12.7. The summed E-state index contributed by atoms with van der Waals surface area (Å²) in [6.45, 7) is 2.03. The lowest BCUT2D eigenvalue weighted by atomic mass is 10.1. The summed E-state index contributed by atoms with van der Waals surface area (Å²) in [5.74, 6) is -0.914. The Kier molecular flexibility index (Phi) is 2.41. The van der Waals surface area contributed by atoms with Crippen LogP contribution in [0.15, 0.2) is 35.8 Å². The van der Waals surface area contributed by atoms with E-state index in [4.69, 9.17) is 5.11 Å². The minimum Gasteiger partial charge on any atom is -0.478 e. The zero-order valence-corrected chi connectivity index (χ0v) is 10.4. The van der Waals surface area contributed by atoms with Gasteiger partial charge in [0.1, 0.15) is 0 Å². The van der Waals surface area contributed by atoms with E-state index in [0.29, 0.717) is 0 Å². The molecule has 0 bridgehead atoms. The fraction of sp³-hybridized carbons (Fsp3) is 0.0769. The first kappa shape index (κ1) is 11.0. The maximum atomic E-state index is 10.8. The van der Waals surface area contributed by atoms with Crippen LogP contribution in [0.5, 0.6) is 0 Å². The van der Waals surface area contributed by atoms with Crippen molar-refractivity contribution in [2.75, 3.05) is 0 Å². The van der Waals surface area contributed by atoms with E-state index in [1.54, 1.807) is 35.6 Å². The van der Waals surface area contributed by atoms with E-state index in [9.17, 15) is 4.79 Å². The van der Waals surface area contributed by atoms with Crippen molar-refractivity contribution in [3.05, 3.63) is 47.1 Å². The molecule has 0 saturated heterocycles. The van der Waals surface area contributed by atoms with Crippen molar-refractivity contribution in [3.8, 4) is 11.3 Å². The molecule has 0 saturated carbocycles. The topological polar surface area (TPSA) is 54.6 Å². The Balaban J connectivity index is 2.05. The Hall–Kier alpha value is -2.14. The molecule has 18 heavy (non-hydrogen) atoms. The average Bonchev–Trinajstić information content (AvgIpc) is 2.92. The second-order valence-corrected chi connectivity index (χ2v) is 4.87. The average molecular weight is 258 g/mol. The number of imidazole rings is 1. The second-order valence-electron chi connectivity index (χ2n) is 4.04. The Bertz CT molecular complexity index is 725. The van der Waals surface area contributed by atoms with Crippen LogP contribution in [-0.4, -0.2) is 20.5 Å². The summed E-state index contributed by atoms with van der Waals surface area (Å²) >= 11 is 1.60. The number of aromatic nitrogens is 2. The summed E-state index contributed by atoms with van der Waals surface area (Å²) in [5.41, 5.74) is 3.23. The van der Waals surface area contributed by atoms with Crippen LogP contribution in [0.4, 0.5) is 0 Å². The monoisotopic (exact) mass is 258 g/mol. The van der Waals surface area contributed by atoms with E-state index < -0.39 is 5.97 Å². The van der Waals surface area contributed by atoms with E-state index >= 15 is 0 Å². The number of carboxylic acid groups (broad SMARTS) is 1. The van der Waals surface area contributed by atoms with Crippen molar-refractivity contribution < 1.29 is 9.90 Å². The van der Waals surface area contributed by atoms with Crippen LogP contribution in [0.25, 0.3) is 16.2 Å². The van der Waals surface area contributed by atoms with E-state index in [0.717, 1.165) is 21.9 Å². The molecule has 0 spiro atoms. The molecule has 3 rings (SSSR count). The van der Waals surface area contributed by atoms with Crippen molar-refractivity contribution in [2.45, 2.75) is 6.92 Å². The van der Waals surface area contributed by atoms with Crippen LogP contribution in [0.2, 0.25) is 0 Å². The minimum absolute atomic E-state index is 0.288. The first-order valence-corrected chi connectivity index (χ1v) is 6.30.